The van der Waals surface area contributed by atoms with Gasteiger partial charge in [0.25, 0.3) is 0 Å². The van der Waals surface area contributed by atoms with Crippen molar-refractivity contribution >= 4 is 17.3 Å². The molecule has 11 heteroatoms. The Morgan fingerprint density at radius 2 is 1.86 bits per heavy atom. The number of aromatic nitrogens is 1. The molecule has 0 saturated carbocycles. The molecular formula is C25H23N3O7S. The summed E-state index contributed by atoms with van der Waals surface area (Å²) in [4.78, 5) is 16.3. The van der Waals surface area contributed by atoms with E-state index < -0.39 is 11.5 Å². The average Bonchev–Trinajstić information content (AvgIpc) is 3.63. The Bertz CT molecular complexity index is 1300. The van der Waals surface area contributed by atoms with Crippen molar-refractivity contribution in [3.05, 3.63) is 77.6 Å². The number of furan rings is 1. The van der Waals surface area contributed by atoms with Gasteiger partial charge in [0.2, 0.25) is 5.88 Å². The number of rotatable bonds is 8. The van der Waals surface area contributed by atoms with Gasteiger partial charge in [-0.2, -0.15) is 5.26 Å². The number of hydrogen-bond donors (Lipinski definition) is 4. The van der Waals surface area contributed by atoms with E-state index in [1.54, 1.807) is 12.3 Å². The summed E-state index contributed by atoms with van der Waals surface area (Å²) in [7, 11) is 0. The van der Waals surface area contributed by atoms with E-state index in [0.717, 1.165) is 10.4 Å². The maximum Gasteiger partial charge on any atom is 0.238 e. The number of carboxylic acids is 1. The van der Waals surface area contributed by atoms with E-state index in [9.17, 15) is 15.2 Å². The molecule has 10 nitrogen and oxygen atoms in total. The Hall–Kier alpha value is -4.05. The van der Waals surface area contributed by atoms with Crippen LogP contribution in [0.4, 0.5) is 0 Å². The smallest absolute Gasteiger partial charge is 0.238 e. The highest BCUT2D eigenvalue weighted by Gasteiger charge is 2.25. The van der Waals surface area contributed by atoms with Gasteiger partial charge in [0.05, 0.1) is 29.1 Å². The minimum Gasteiger partial charge on any atom is -0.545 e. The Balaban J connectivity index is 0.000000392. The van der Waals surface area contributed by atoms with Crippen LogP contribution >= 0.6 is 11.3 Å². The van der Waals surface area contributed by atoms with E-state index in [-0.39, 0.29) is 36.8 Å². The molecule has 0 fully saturated rings. The van der Waals surface area contributed by atoms with Gasteiger partial charge in [-0.25, -0.2) is 4.98 Å². The largest absolute Gasteiger partial charge is 0.545 e. The molecule has 0 unspecified atom stereocenters. The van der Waals surface area contributed by atoms with E-state index in [1.165, 1.54) is 41.9 Å². The molecule has 0 aliphatic heterocycles. The molecule has 4 rings (SSSR count). The molecule has 0 spiro atoms. The highest BCUT2D eigenvalue weighted by atomic mass is 32.1. The SMILES string of the molecule is N#Cc1c(-c2ccoc2)cc(-c2cccs2)nc1Oc1ccc(C(=O)[O-])cc1.[NH3+]C(CO)(CO)CO. The van der Waals surface area contributed by atoms with Crippen molar-refractivity contribution in [2.24, 2.45) is 0 Å². The highest BCUT2D eigenvalue weighted by molar-refractivity contribution is 7.13. The molecule has 3 aromatic heterocycles. The predicted molar refractivity (Wildman–Crippen MR) is 128 cm³/mol. The lowest BCUT2D eigenvalue weighted by atomic mass is 10.0. The van der Waals surface area contributed by atoms with Gasteiger partial charge < -0.3 is 40.1 Å². The first kappa shape index (κ1) is 26.6. The molecule has 186 valence electrons. The molecule has 0 saturated heterocycles. The summed E-state index contributed by atoms with van der Waals surface area (Å²) in [6.07, 6.45) is 3.08. The molecule has 1 aromatic carbocycles. The number of carbonyl (C=O) groups is 1. The molecule has 0 aliphatic carbocycles. The molecule has 0 bridgehead atoms. The lowest BCUT2D eigenvalue weighted by Gasteiger charge is -2.16. The summed E-state index contributed by atoms with van der Waals surface area (Å²) >= 11 is 1.52. The second kappa shape index (κ2) is 12.1. The van der Waals surface area contributed by atoms with Crippen molar-refractivity contribution in [2.45, 2.75) is 5.54 Å². The van der Waals surface area contributed by atoms with Crippen LogP contribution < -0.4 is 15.6 Å². The summed E-state index contributed by atoms with van der Waals surface area (Å²) in [5, 5.41) is 47.8. The Morgan fingerprint density at radius 1 is 1.17 bits per heavy atom. The third-order valence-corrected chi connectivity index (χ3v) is 5.91. The van der Waals surface area contributed by atoms with Gasteiger partial charge in [-0.05, 0) is 53.4 Å². The zero-order chi connectivity index (χ0) is 26.1. The molecular weight excluding hydrogens is 486 g/mol. The second-order valence-electron chi connectivity index (χ2n) is 7.72. The average molecular weight is 510 g/mol. The molecule has 6 N–H and O–H groups in total. The van der Waals surface area contributed by atoms with Gasteiger partial charge in [-0.15, -0.1) is 11.3 Å². The van der Waals surface area contributed by atoms with Crippen molar-refractivity contribution in [2.75, 3.05) is 19.8 Å². The van der Waals surface area contributed by atoms with E-state index in [1.807, 2.05) is 23.6 Å². The van der Waals surface area contributed by atoms with E-state index in [4.69, 9.17) is 24.5 Å². The van der Waals surface area contributed by atoms with Gasteiger partial charge in [0.1, 0.15) is 37.2 Å². The quantitative estimate of drug-likeness (QED) is 0.269. The zero-order valence-electron chi connectivity index (χ0n) is 19.0. The number of carboxylic acid groups (broad SMARTS) is 1. The number of benzene rings is 1. The molecule has 4 aromatic rings. The fourth-order valence-corrected chi connectivity index (χ4v) is 3.51. The summed E-state index contributed by atoms with van der Waals surface area (Å²) in [6, 6.07) is 15.3. The first-order valence-corrected chi connectivity index (χ1v) is 11.4. The number of pyridine rings is 1. The van der Waals surface area contributed by atoms with Crippen molar-refractivity contribution in [1.29, 1.82) is 5.26 Å². The number of aliphatic hydroxyl groups excluding tert-OH is 3. The fourth-order valence-electron chi connectivity index (χ4n) is 2.82. The van der Waals surface area contributed by atoms with Gasteiger partial charge in [0, 0.05) is 11.1 Å². The first-order chi connectivity index (χ1) is 17.3. The van der Waals surface area contributed by atoms with Gasteiger partial charge >= 0.3 is 0 Å². The highest BCUT2D eigenvalue weighted by Crippen LogP contribution is 2.36. The Labute approximate surface area is 210 Å². The Kier molecular flexibility index (Phi) is 8.91. The third-order valence-electron chi connectivity index (χ3n) is 5.01. The van der Waals surface area contributed by atoms with Crippen LogP contribution in [-0.2, 0) is 0 Å². The lowest BCUT2D eigenvalue weighted by Crippen LogP contribution is -2.78. The van der Waals surface area contributed by atoms with Crippen LogP contribution in [0.3, 0.4) is 0 Å². The number of aliphatic hydroxyl groups is 3. The zero-order valence-corrected chi connectivity index (χ0v) is 19.8. The number of carbonyl (C=O) groups excluding carboxylic acids is 1. The van der Waals surface area contributed by atoms with Gasteiger partial charge in [-0.1, -0.05) is 6.07 Å². The summed E-state index contributed by atoms with van der Waals surface area (Å²) in [6.45, 7) is -0.875. The summed E-state index contributed by atoms with van der Waals surface area (Å²) in [5.41, 5.74) is 4.73. The normalized spacial score (nSPS) is 10.8. The second-order valence-corrected chi connectivity index (χ2v) is 8.67. The van der Waals surface area contributed by atoms with Crippen LogP contribution in [0.2, 0.25) is 0 Å². The molecule has 0 aliphatic rings. The van der Waals surface area contributed by atoms with Crippen LogP contribution in [0.25, 0.3) is 21.7 Å². The fraction of sp³-hybridized carbons (Fsp3) is 0.160. The van der Waals surface area contributed by atoms with E-state index in [0.29, 0.717) is 17.0 Å². The van der Waals surface area contributed by atoms with Crippen LogP contribution in [-0.4, -0.2) is 51.6 Å². The van der Waals surface area contributed by atoms with Crippen molar-refractivity contribution < 1.29 is 40.1 Å². The monoisotopic (exact) mass is 509 g/mol. The minimum atomic E-state index is -1.27. The number of nitrogens with zero attached hydrogens (tertiary/aromatic N) is 2. The number of ether oxygens (including phenoxy) is 1. The number of quaternary nitrogens is 1. The first-order valence-electron chi connectivity index (χ1n) is 10.5. The number of aromatic carboxylic acids is 1. The number of nitriles is 1. The predicted octanol–water partition coefficient (Wildman–Crippen LogP) is 1.04. The Morgan fingerprint density at radius 3 is 2.33 bits per heavy atom. The summed E-state index contributed by atoms with van der Waals surface area (Å²) in [5.74, 6) is -0.786. The van der Waals surface area contributed by atoms with E-state index in [2.05, 4.69) is 16.8 Å². The number of hydrogen-bond acceptors (Lipinski definition) is 10. The van der Waals surface area contributed by atoms with E-state index >= 15 is 0 Å². The van der Waals surface area contributed by atoms with Crippen molar-refractivity contribution in [1.82, 2.24) is 4.98 Å². The maximum absolute atomic E-state index is 10.9. The minimum absolute atomic E-state index is 0.0345. The van der Waals surface area contributed by atoms with Crippen LogP contribution in [0.1, 0.15) is 15.9 Å². The molecule has 0 amide bonds. The maximum atomic E-state index is 10.9. The standard InChI is InChI=1S/C21H12N2O4S.C4H11NO3/c22-11-17-16(14-7-8-26-12-14)10-18(19-2-1-9-28-19)23-20(17)27-15-5-3-13(4-6-15)21(24)25;5-4(1-6,2-7)3-8/h1-10,12H,(H,24,25);6-8H,1-3,5H2. The molecule has 0 radical (unpaired) electrons. The van der Waals surface area contributed by atoms with Crippen molar-refractivity contribution in [3.63, 3.8) is 0 Å². The van der Waals surface area contributed by atoms with Crippen LogP contribution in [0.5, 0.6) is 11.6 Å². The van der Waals surface area contributed by atoms with Gasteiger partial charge in [-0.3, -0.25) is 0 Å². The van der Waals surface area contributed by atoms with Crippen LogP contribution in [0.15, 0.2) is 70.9 Å². The third kappa shape index (κ3) is 6.33. The molecule has 36 heavy (non-hydrogen) atoms. The number of thiophene rings is 1. The van der Waals surface area contributed by atoms with Crippen LogP contribution in [0, 0.1) is 11.3 Å². The lowest BCUT2D eigenvalue weighted by molar-refractivity contribution is -0.494. The van der Waals surface area contributed by atoms with Gasteiger partial charge in [0.15, 0.2) is 5.54 Å². The summed E-state index contributed by atoms with van der Waals surface area (Å²) < 4.78 is 11.0. The molecule has 0 atom stereocenters. The molecule has 3 heterocycles. The van der Waals surface area contributed by atoms with Crippen molar-refractivity contribution in [3.8, 4) is 39.4 Å². The topological polar surface area (TPSA) is 188 Å².